The number of phenols is 1. The summed E-state index contributed by atoms with van der Waals surface area (Å²) in [5.41, 5.74) is 2.33. The Labute approximate surface area is 108 Å². The van der Waals surface area contributed by atoms with E-state index in [0.29, 0.717) is 11.8 Å². The topological polar surface area (TPSA) is 32.7 Å². The number of hydrogen-bond acceptors (Lipinski definition) is 3. The number of morpholine rings is 1. The molecule has 0 amide bonds. The van der Waals surface area contributed by atoms with Crippen molar-refractivity contribution in [3.8, 4) is 5.75 Å². The number of ether oxygens (including phenoxy) is 1. The summed E-state index contributed by atoms with van der Waals surface area (Å²) in [5, 5.41) is 9.93. The van der Waals surface area contributed by atoms with Crippen molar-refractivity contribution >= 4 is 0 Å². The van der Waals surface area contributed by atoms with E-state index in [1.165, 1.54) is 5.56 Å². The molecule has 0 saturated carbocycles. The molecule has 1 aromatic rings. The van der Waals surface area contributed by atoms with Gasteiger partial charge in [-0.05, 0) is 23.6 Å². The van der Waals surface area contributed by atoms with Gasteiger partial charge in [0.05, 0.1) is 12.7 Å². The Morgan fingerprint density at radius 3 is 3.17 bits per heavy atom. The Morgan fingerprint density at radius 2 is 2.33 bits per heavy atom. The average molecular weight is 245 g/mol. The van der Waals surface area contributed by atoms with Crippen molar-refractivity contribution in [1.82, 2.24) is 4.90 Å². The SMILES string of the molecule is C=CCN1CCO[C@@H]2Cc3c(O)cccc3C[C@H]21. The van der Waals surface area contributed by atoms with Gasteiger partial charge in [-0.3, -0.25) is 4.90 Å². The van der Waals surface area contributed by atoms with Crippen LogP contribution in [-0.4, -0.2) is 41.8 Å². The summed E-state index contributed by atoms with van der Waals surface area (Å²) in [4.78, 5) is 2.44. The molecule has 18 heavy (non-hydrogen) atoms. The lowest BCUT2D eigenvalue weighted by atomic mass is 9.84. The standard InChI is InChI=1S/C15H19NO2/c1-2-6-16-7-8-18-15-10-12-11(9-13(15)16)4-3-5-14(12)17/h2-5,13,15,17H,1,6-10H2/t13-,15-/m1/s1. The zero-order valence-electron chi connectivity index (χ0n) is 10.5. The van der Waals surface area contributed by atoms with Gasteiger partial charge in [0.15, 0.2) is 0 Å². The molecule has 2 atom stereocenters. The van der Waals surface area contributed by atoms with Crippen LogP contribution < -0.4 is 0 Å². The molecule has 96 valence electrons. The maximum Gasteiger partial charge on any atom is 0.119 e. The number of rotatable bonds is 2. The first-order chi connectivity index (χ1) is 8.79. The summed E-state index contributed by atoms with van der Waals surface area (Å²) in [6.45, 7) is 6.49. The Balaban J connectivity index is 1.90. The van der Waals surface area contributed by atoms with Crippen LogP contribution in [0.5, 0.6) is 5.75 Å². The number of phenolic OH excluding ortho intramolecular Hbond substituents is 1. The molecule has 1 aromatic carbocycles. The van der Waals surface area contributed by atoms with Gasteiger partial charge in [0, 0.05) is 25.6 Å². The lowest BCUT2D eigenvalue weighted by molar-refractivity contribution is -0.0701. The summed E-state index contributed by atoms with van der Waals surface area (Å²) >= 11 is 0. The predicted octanol–water partition coefficient (Wildman–Crippen LogP) is 1.75. The third kappa shape index (κ3) is 1.93. The molecule has 1 fully saturated rings. The largest absolute Gasteiger partial charge is 0.508 e. The fraction of sp³-hybridized carbons (Fsp3) is 0.467. The van der Waals surface area contributed by atoms with Gasteiger partial charge >= 0.3 is 0 Å². The molecule has 2 aliphatic rings. The van der Waals surface area contributed by atoms with Gasteiger partial charge < -0.3 is 9.84 Å². The van der Waals surface area contributed by atoms with Crippen molar-refractivity contribution in [2.75, 3.05) is 19.7 Å². The summed E-state index contributed by atoms with van der Waals surface area (Å²) < 4.78 is 5.88. The first-order valence-electron chi connectivity index (χ1n) is 6.56. The van der Waals surface area contributed by atoms with E-state index in [1.807, 2.05) is 12.1 Å². The van der Waals surface area contributed by atoms with Crippen molar-refractivity contribution in [2.24, 2.45) is 0 Å². The van der Waals surface area contributed by atoms with Crippen LogP contribution in [0.15, 0.2) is 30.9 Å². The highest BCUT2D eigenvalue weighted by atomic mass is 16.5. The number of aromatic hydroxyl groups is 1. The van der Waals surface area contributed by atoms with Crippen LogP contribution in [0.2, 0.25) is 0 Å². The van der Waals surface area contributed by atoms with Gasteiger partial charge in [0.25, 0.3) is 0 Å². The number of hydrogen-bond donors (Lipinski definition) is 1. The van der Waals surface area contributed by atoms with Gasteiger partial charge in [-0.1, -0.05) is 18.2 Å². The van der Waals surface area contributed by atoms with Gasteiger partial charge in [-0.25, -0.2) is 0 Å². The minimum atomic E-state index is 0.208. The minimum Gasteiger partial charge on any atom is -0.508 e. The maximum atomic E-state index is 9.93. The normalized spacial score (nSPS) is 27.3. The molecule has 1 N–H and O–H groups in total. The molecule has 3 heteroatoms. The number of benzene rings is 1. The molecule has 0 bridgehead atoms. The van der Waals surface area contributed by atoms with E-state index in [4.69, 9.17) is 4.74 Å². The summed E-state index contributed by atoms with van der Waals surface area (Å²) in [5.74, 6) is 0.412. The van der Waals surface area contributed by atoms with Crippen LogP contribution >= 0.6 is 0 Å². The minimum absolute atomic E-state index is 0.208. The Bertz CT molecular complexity index is 458. The third-order valence-corrected chi connectivity index (χ3v) is 4.05. The molecule has 1 aliphatic carbocycles. The Kier molecular flexibility index (Phi) is 3.10. The second-order valence-corrected chi connectivity index (χ2v) is 5.08. The monoisotopic (exact) mass is 245 g/mol. The van der Waals surface area contributed by atoms with Gasteiger partial charge in [0.2, 0.25) is 0 Å². The molecule has 3 rings (SSSR count). The quantitative estimate of drug-likeness (QED) is 0.806. The fourth-order valence-electron chi connectivity index (χ4n) is 3.16. The van der Waals surface area contributed by atoms with Crippen LogP contribution in [0.1, 0.15) is 11.1 Å². The molecule has 1 saturated heterocycles. The van der Waals surface area contributed by atoms with Crippen molar-refractivity contribution in [2.45, 2.75) is 25.0 Å². The first kappa shape index (κ1) is 11.8. The van der Waals surface area contributed by atoms with E-state index in [9.17, 15) is 5.11 Å². The number of fused-ring (bicyclic) bond motifs is 2. The summed E-state index contributed by atoms with van der Waals surface area (Å²) in [7, 11) is 0. The van der Waals surface area contributed by atoms with E-state index >= 15 is 0 Å². The van der Waals surface area contributed by atoms with Crippen molar-refractivity contribution < 1.29 is 9.84 Å². The van der Waals surface area contributed by atoms with Crippen LogP contribution in [-0.2, 0) is 17.6 Å². The van der Waals surface area contributed by atoms with Crippen molar-refractivity contribution in [3.05, 3.63) is 42.0 Å². The highest BCUT2D eigenvalue weighted by Crippen LogP contribution is 2.33. The van der Waals surface area contributed by atoms with E-state index in [0.717, 1.165) is 38.1 Å². The zero-order chi connectivity index (χ0) is 12.5. The van der Waals surface area contributed by atoms with Crippen LogP contribution in [0.4, 0.5) is 0 Å². The third-order valence-electron chi connectivity index (χ3n) is 4.05. The van der Waals surface area contributed by atoms with E-state index in [2.05, 4.69) is 17.5 Å². The highest BCUT2D eigenvalue weighted by molar-refractivity contribution is 5.42. The van der Waals surface area contributed by atoms with Crippen LogP contribution in [0.3, 0.4) is 0 Å². The highest BCUT2D eigenvalue weighted by Gasteiger charge is 2.36. The van der Waals surface area contributed by atoms with Crippen LogP contribution in [0.25, 0.3) is 0 Å². The molecule has 0 aromatic heterocycles. The van der Waals surface area contributed by atoms with Crippen molar-refractivity contribution in [3.63, 3.8) is 0 Å². The average Bonchev–Trinajstić information content (AvgIpc) is 2.38. The second-order valence-electron chi connectivity index (χ2n) is 5.08. The lowest BCUT2D eigenvalue weighted by Gasteiger charge is -2.44. The Hall–Kier alpha value is -1.32. The molecule has 0 unspecified atom stereocenters. The van der Waals surface area contributed by atoms with Crippen LogP contribution in [0, 0.1) is 0 Å². The number of nitrogens with zero attached hydrogens (tertiary/aromatic N) is 1. The fourth-order valence-corrected chi connectivity index (χ4v) is 3.16. The zero-order valence-corrected chi connectivity index (χ0v) is 10.5. The molecule has 1 heterocycles. The van der Waals surface area contributed by atoms with Gasteiger partial charge in [-0.15, -0.1) is 6.58 Å². The van der Waals surface area contributed by atoms with Gasteiger partial charge in [-0.2, -0.15) is 0 Å². The Morgan fingerprint density at radius 1 is 1.44 bits per heavy atom. The van der Waals surface area contributed by atoms with E-state index < -0.39 is 0 Å². The lowest BCUT2D eigenvalue weighted by Crippen LogP contribution is -2.54. The smallest absolute Gasteiger partial charge is 0.119 e. The second kappa shape index (κ2) is 4.75. The molecular formula is C15H19NO2. The molecule has 0 radical (unpaired) electrons. The first-order valence-corrected chi connectivity index (χ1v) is 6.56. The molecule has 3 nitrogen and oxygen atoms in total. The summed E-state index contributed by atoms with van der Waals surface area (Å²) in [6.07, 6.45) is 3.95. The van der Waals surface area contributed by atoms with E-state index in [1.54, 1.807) is 6.07 Å². The van der Waals surface area contributed by atoms with Gasteiger partial charge in [0.1, 0.15) is 5.75 Å². The molecule has 1 aliphatic heterocycles. The van der Waals surface area contributed by atoms with Crippen molar-refractivity contribution in [1.29, 1.82) is 0 Å². The predicted molar refractivity (Wildman–Crippen MR) is 70.8 cm³/mol. The summed E-state index contributed by atoms with van der Waals surface area (Å²) in [6, 6.07) is 6.23. The van der Waals surface area contributed by atoms with E-state index in [-0.39, 0.29) is 6.10 Å². The molecular weight excluding hydrogens is 226 g/mol. The molecule has 0 spiro atoms. The maximum absolute atomic E-state index is 9.93.